The fourth-order valence-electron chi connectivity index (χ4n) is 2.88. The Balaban J connectivity index is 1.93. The molecule has 7 nitrogen and oxygen atoms in total. The zero-order valence-electron chi connectivity index (χ0n) is 14.0. The molecule has 0 atom stereocenters. The average Bonchev–Trinajstić information content (AvgIpc) is 3.17. The van der Waals surface area contributed by atoms with Gasteiger partial charge in [-0.05, 0) is 37.3 Å². The highest BCUT2D eigenvalue weighted by Gasteiger charge is 2.18. The molecule has 1 aromatic carbocycles. The van der Waals surface area contributed by atoms with Crippen molar-refractivity contribution in [2.45, 2.75) is 6.92 Å². The molecule has 0 aliphatic carbocycles. The Morgan fingerprint density at radius 2 is 1.85 bits per heavy atom. The van der Waals surface area contributed by atoms with Crippen LogP contribution in [0.4, 0.5) is 4.39 Å². The number of fused-ring (bicyclic) bond motifs is 1. The average molecular weight is 351 g/mol. The summed E-state index contributed by atoms with van der Waals surface area (Å²) < 4.78 is 16.1. The molecule has 3 aromatic heterocycles. The Bertz CT molecular complexity index is 1140. The summed E-state index contributed by atoms with van der Waals surface area (Å²) in [5.41, 5.74) is 3.57. The van der Waals surface area contributed by atoms with Crippen molar-refractivity contribution in [3.8, 4) is 22.5 Å². The molecule has 0 spiro atoms. The van der Waals surface area contributed by atoms with E-state index in [1.165, 1.54) is 22.7 Å². The Hall–Kier alpha value is -3.55. The van der Waals surface area contributed by atoms with Crippen molar-refractivity contribution in [3.63, 3.8) is 0 Å². The van der Waals surface area contributed by atoms with Crippen molar-refractivity contribution in [2.75, 3.05) is 0 Å². The lowest BCUT2D eigenvalue weighted by atomic mass is 10.1. The molecular weight excluding hydrogens is 337 g/mol. The highest BCUT2D eigenvalue weighted by atomic mass is 19.1. The van der Waals surface area contributed by atoms with Crippen LogP contribution in [0.2, 0.25) is 0 Å². The summed E-state index contributed by atoms with van der Waals surface area (Å²) in [6.07, 6.45) is 1.79. The molecule has 0 saturated heterocycles. The SMILES string of the molecule is Cc1nn(C)cc1-c1cc(C(=O)O)n2nc(-c3ccc(F)cc3)cc2n1. The molecule has 0 fully saturated rings. The number of carboxylic acid groups (broad SMARTS) is 1. The minimum atomic E-state index is -1.12. The van der Waals surface area contributed by atoms with E-state index in [1.807, 2.05) is 6.92 Å². The molecule has 0 saturated carbocycles. The van der Waals surface area contributed by atoms with Gasteiger partial charge in [0.05, 0.1) is 17.1 Å². The van der Waals surface area contributed by atoms with Gasteiger partial charge in [-0.1, -0.05) is 0 Å². The second-order valence-electron chi connectivity index (χ2n) is 5.94. The van der Waals surface area contributed by atoms with Gasteiger partial charge in [0, 0.05) is 30.4 Å². The Kier molecular flexibility index (Phi) is 3.54. The summed E-state index contributed by atoms with van der Waals surface area (Å²) in [4.78, 5) is 16.3. The van der Waals surface area contributed by atoms with E-state index >= 15 is 0 Å². The molecule has 0 aliphatic rings. The van der Waals surface area contributed by atoms with Gasteiger partial charge in [0.1, 0.15) is 5.82 Å². The van der Waals surface area contributed by atoms with Gasteiger partial charge < -0.3 is 5.11 Å². The van der Waals surface area contributed by atoms with Gasteiger partial charge in [-0.25, -0.2) is 18.7 Å². The van der Waals surface area contributed by atoms with Crippen LogP contribution in [0.1, 0.15) is 16.2 Å². The molecule has 26 heavy (non-hydrogen) atoms. The summed E-state index contributed by atoms with van der Waals surface area (Å²) in [6, 6.07) is 8.98. The number of aromatic nitrogens is 5. The van der Waals surface area contributed by atoms with E-state index < -0.39 is 5.97 Å². The number of hydrogen-bond acceptors (Lipinski definition) is 4. The fraction of sp³-hybridized carbons (Fsp3) is 0.111. The van der Waals surface area contributed by atoms with Crippen molar-refractivity contribution in [1.29, 1.82) is 0 Å². The van der Waals surface area contributed by atoms with Crippen LogP contribution < -0.4 is 0 Å². The normalized spacial score (nSPS) is 11.2. The third-order valence-electron chi connectivity index (χ3n) is 4.08. The second kappa shape index (κ2) is 5.76. The highest BCUT2D eigenvalue weighted by Crippen LogP contribution is 2.25. The molecule has 3 heterocycles. The molecule has 130 valence electrons. The van der Waals surface area contributed by atoms with Crippen LogP contribution in [0.5, 0.6) is 0 Å². The number of aryl methyl sites for hydroxylation is 2. The lowest BCUT2D eigenvalue weighted by molar-refractivity contribution is 0.0687. The van der Waals surface area contributed by atoms with Gasteiger partial charge in [0.25, 0.3) is 0 Å². The number of benzene rings is 1. The van der Waals surface area contributed by atoms with Crippen molar-refractivity contribution in [3.05, 3.63) is 59.8 Å². The van der Waals surface area contributed by atoms with Crippen LogP contribution in [-0.4, -0.2) is 35.5 Å². The number of hydrogen-bond donors (Lipinski definition) is 1. The largest absolute Gasteiger partial charge is 0.477 e. The fourth-order valence-corrected chi connectivity index (χ4v) is 2.88. The zero-order valence-corrected chi connectivity index (χ0v) is 14.0. The maximum absolute atomic E-state index is 13.1. The number of rotatable bonds is 3. The first kappa shape index (κ1) is 15.9. The summed E-state index contributed by atoms with van der Waals surface area (Å²) in [5, 5.41) is 18.2. The molecule has 0 bridgehead atoms. The van der Waals surface area contributed by atoms with Gasteiger partial charge in [-0.15, -0.1) is 0 Å². The van der Waals surface area contributed by atoms with E-state index in [4.69, 9.17) is 0 Å². The summed E-state index contributed by atoms with van der Waals surface area (Å²) >= 11 is 0. The quantitative estimate of drug-likeness (QED) is 0.613. The lowest BCUT2D eigenvalue weighted by Gasteiger charge is -2.04. The first-order chi connectivity index (χ1) is 12.4. The number of nitrogens with zero attached hydrogens (tertiary/aromatic N) is 5. The van der Waals surface area contributed by atoms with Crippen LogP contribution in [0, 0.1) is 12.7 Å². The number of halogens is 1. The first-order valence-corrected chi connectivity index (χ1v) is 7.83. The third-order valence-corrected chi connectivity index (χ3v) is 4.08. The van der Waals surface area contributed by atoms with Crippen LogP contribution in [0.25, 0.3) is 28.2 Å². The molecule has 4 rings (SSSR count). The molecule has 0 unspecified atom stereocenters. The van der Waals surface area contributed by atoms with Crippen LogP contribution in [0.15, 0.2) is 42.6 Å². The number of aromatic carboxylic acids is 1. The first-order valence-electron chi connectivity index (χ1n) is 7.83. The minimum Gasteiger partial charge on any atom is -0.477 e. The predicted molar refractivity (Wildman–Crippen MR) is 92.3 cm³/mol. The van der Waals surface area contributed by atoms with Gasteiger partial charge in [-0.3, -0.25) is 4.68 Å². The predicted octanol–water partition coefficient (Wildman–Crippen LogP) is 2.94. The standard InChI is InChI=1S/C18H14FN5O2/c1-10-13(9-23(2)21-10)15-7-16(18(25)26)24-17(20-15)8-14(22-24)11-3-5-12(19)6-4-11/h3-9H,1-2H3,(H,25,26). The van der Waals surface area contributed by atoms with Crippen molar-refractivity contribution in [1.82, 2.24) is 24.4 Å². The van der Waals surface area contributed by atoms with Crippen LogP contribution in [-0.2, 0) is 7.05 Å². The molecule has 8 heteroatoms. The summed E-state index contributed by atoms with van der Waals surface area (Å²) in [5.74, 6) is -1.47. The Labute approximate surface area is 147 Å². The molecule has 0 radical (unpaired) electrons. The van der Waals surface area contributed by atoms with Gasteiger partial charge >= 0.3 is 5.97 Å². The lowest BCUT2D eigenvalue weighted by Crippen LogP contribution is -2.08. The van der Waals surface area contributed by atoms with E-state index in [0.29, 0.717) is 22.6 Å². The Morgan fingerprint density at radius 3 is 2.46 bits per heavy atom. The van der Waals surface area contributed by atoms with Gasteiger partial charge in [0.2, 0.25) is 0 Å². The van der Waals surface area contributed by atoms with E-state index in [9.17, 15) is 14.3 Å². The van der Waals surface area contributed by atoms with Gasteiger partial charge in [-0.2, -0.15) is 10.2 Å². The molecular formula is C18H14FN5O2. The third kappa shape index (κ3) is 2.61. The highest BCUT2D eigenvalue weighted by molar-refractivity contribution is 5.88. The molecule has 0 aliphatic heterocycles. The summed E-state index contributed by atoms with van der Waals surface area (Å²) in [6.45, 7) is 1.84. The maximum Gasteiger partial charge on any atom is 0.354 e. The van der Waals surface area contributed by atoms with Crippen LogP contribution in [0.3, 0.4) is 0 Å². The smallest absolute Gasteiger partial charge is 0.354 e. The van der Waals surface area contributed by atoms with Crippen molar-refractivity contribution in [2.24, 2.45) is 7.05 Å². The molecule has 4 aromatic rings. The number of carbonyl (C=O) groups is 1. The van der Waals surface area contributed by atoms with Crippen LogP contribution >= 0.6 is 0 Å². The topological polar surface area (TPSA) is 85.3 Å². The Morgan fingerprint density at radius 1 is 1.12 bits per heavy atom. The van der Waals surface area contributed by atoms with E-state index in [0.717, 1.165) is 11.3 Å². The van der Waals surface area contributed by atoms with E-state index in [2.05, 4.69) is 15.2 Å². The minimum absolute atomic E-state index is 0.0124. The molecule has 1 N–H and O–H groups in total. The van der Waals surface area contributed by atoms with Gasteiger partial charge in [0.15, 0.2) is 11.3 Å². The summed E-state index contributed by atoms with van der Waals surface area (Å²) in [7, 11) is 1.79. The van der Waals surface area contributed by atoms with Crippen molar-refractivity contribution >= 4 is 11.6 Å². The maximum atomic E-state index is 13.1. The van der Waals surface area contributed by atoms with Crippen molar-refractivity contribution < 1.29 is 14.3 Å². The van der Waals surface area contributed by atoms with E-state index in [-0.39, 0.29) is 11.5 Å². The monoisotopic (exact) mass is 351 g/mol. The second-order valence-corrected chi connectivity index (χ2v) is 5.94. The molecule has 0 amide bonds. The van der Waals surface area contributed by atoms with E-state index in [1.54, 1.807) is 36.1 Å². The zero-order chi connectivity index (χ0) is 18.4. The number of carboxylic acids is 1.